The van der Waals surface area contributed by atoms with Crippen LogP contribution in [0.5, 0.6) is 0 Å². The molecule has 0 aromatic heterocycles. The van der Waals surface area contributed by atoms with Crippen LogP contribution in [-0.2, 0) is 10.0 Å². The van der Waals surface area contributed by atoms with E-state index >= 15 is 0 Å². The molecular weight excluding hydrogens is 266 g/mol. The van der Waals surface area contributed by atoms with Crippen LogP contribution >= 0.6 is 0 Å². The summed E-state index contributed by atoms with van der Waals surface area (Å²) in [5.74, 6) is -1.13. The Kier molecular flexibility index (Phi) is 3.80. The molecule has 0 unspecified atom stereocenters. The summed E-state index contributed by atoms with van der Waals surface area (Å²) in [7, 11) is -3.50. The lowest BCUT2D eigenvalue weighted by atomic mass is 10.1. The molecule has 2 rings (SSSR count). The first-order valence-corrected chi connectivity index (χ1v) is 7.81. The Hall–Kier alpha value is -1.56. The van der Waals surface area contributed by atoms with Crippen molar-refractivity contribution in [1.29, 1.82) is 0 Å². The van der Waals surface area contributed by atoms with E-state index in [9.17, 15) is 13.2 Å². The van der Waals surface area contributed by atoms with Gasteiger partial charge in [0.2, 0.25) is 10.0 Å². The standard InChI is InChI=1S/C13H17NO4S/c1-9-5-4-8-11(13(15)16)12(9)14-19(17,18)10-6-2-3-7-10/h4-5,8,10,14H,2-3,6-7H2,1H3,(H,15,16). The minimum Gasteiger partial charge on any atom is -0.478 e. The lowest BCUT2D eigenvalue weighted by Crippen LogP contribution is -2.26. The molecule has 0 atom stereocenters. The van der Waals surface area contributed by atoms with Gasteiger partial charge in [0.15, 0.2) is 0 Å². The second-order valence-corrected chi connectivity index (χ2v) is 6.82. The summed E-state index contributed by atoms with van der Waals surface area (Å²) in [6, 6.07) is 4.70. The van der Waals surface area contributed by atoms with Gasteiger partial charge in [0.05, 0.1) is 16.5 Å². The van der Waals surface area contributed by atoms with Gasteiger partial charge in [0, 0.05) is 0 Å². The Labute approximate surface area is 112 Å². The monoisotopic (exact) mass is 283 g/mol. The van der Waals surface area contributed by atoms with Gasteiger partial charge >= 0.3 is 5.97 Å². The molecule has 1 aromatic carbocycles. The van der Waals surface area contributed by atoms with E-state index in [1.807, 2.05) is 0 Å². The van der Waals surface area contributed by atoms with E-state index in [0.717, 1.165) is 12.8 Å². The van der Waals surface area contributed by atoms with Crippen molar-refractivity contribution in [1.82, 2.24) is 0 Å². The van der Waals surface area contributed by atoms with Crippen LogP contribution < -0.4 is 4.72 Å². The van der Waals surface area contributed by atoms with Gasteiger partial charge in [-0.2, -0.15) is 0 Å². The molecule has 0 aliphatic heterocycles. The average molecular weight is 283 g/mol. The van der Waals surface area contributed by atoms with E-state index in [4.69, 9.17) is 5.11 Å². The lowest BCUT2D eigenvalue weighted by molar-refractivity contribution is 0.0698. The minimum atomic E-state index is -3.50. The number of hydrogen-bond acceptors (Lipinski definition) is 3. The zero-order valence-electron chi connectivity index (χ0n) is 10.7. The number of hydrogen-bond donors (Lipinski definition) is 2. The zero-order valence-corrected chi connectivity index (χ0v) is 11.5. The fraction of sp³-hybridized carbons (Fsp3) is 0.462. The Morgan fingerprint density at radius 3 is 2.53 bits per heavy atom. The summed E-state index contributed by atoms with van der Waals surface area (Å²) in [5, 5.41) is 8.71. The quantitative estimate of drug-likeness (QED) is 0.888. The van der Waals surface area contributed by atoms with Gasteiger partial charge in [-0.1, -0.05) is 25.0 Å². The highest BCUT2D eigenvalue weighted by molar-refractivity contribution is 7.93. The highest BCUT2D eigenvalue weighted by Crippen LogP contribution is 2.28. The molecular formula is C13H17NO4S. The van der Waals surface area contributed by atoms with Gasteiger partial charge in [0.25, 0.3) is 0 Å². The lowest BCUT2D eigenvalue weighted by Gasteiger charge is -2.16. The third-order valence-electron chi connectivity index (χ3n) is 3.49. The first-order valence-electron chi connectivity index (χ1n) is 6.26. The molecule has 104 valence electrons. The van der Waals surface area contributed by atoms with Crippen molar-refractivity contribution in [2.45, 2.75) is 37.9 Å². The third-order valence-corrected chi connectivity index (χ3v) is 5.33. The molecule has 1 aromatic rings. The van der Waals surface area contributed by atoms with Gasteiger partial charge in [-0.05, 0) is 31.4 Å². The number of carboxylic acid groups (broad SMARTS) is 1. The molecule has 1 aliphatic rings. The molecule has 0 bridgehead atoms. The van der Waals surface area contributed by atoms with Crippen LogP contribution in [0.15, 0.2) is 18.2 Å². The van der Waals surface area contributed by atoms with E-state index in [2.05, 4.69) is 4.72 Å². The second-order valence-electron chi connectivity index (χ2n) is 4.86. The first kappa shape index (κ1) is 13.9. The van der Waals surface area contributed by atoms with Crippen LogP contribution in [0.3, 0.4) is 0 Å². The van der Waals surface area contributed by atoms with E-state index in [1.165, 1.54) is 6.07 Å². The third kappa shape index (κ3) is 2.89. The summed E-state index contributed by atoms with van der Waals surface area (Å²) >= 11 is 0. The van der Waals surface area contributed by atoms with Crippen LogP contribution in [-0.4, -0.2) is 24.7 Å². The topological polar surface area (TPSA) is 83.5 Å². The van der Waals surface area contributed by atoms with Crippen LogP contribution in [0, 0.1) is 6.92 Å². The number of para-hydroxylation sites is 1. The van der Waals surface area contributed by atoms with Crippen molar-refractivity contribution < 1.29 is 18.3 Å². The Morgan fingerprint density at radius 2 is 1.95 bits per heavy atom. The number of aromatic carboxylic acids is 1. The number of carboxylic acids is 1. The second kappa shape index (κ2) is 5.21. The molecule has 19 heavy (non-hydrogen) atoms. The van der Waals surface area contributed by atoms with Gasteiger partial charge in [-0.15, -0.1) is 0 Å². The average Bonchev–Trinajstić information content (AvgIpc) is 2.85. The van der Waals surface area contributed by atoms with Crippen molar-refractivity contribution in [3.63, 3.8) is 0 Å². The maximum atomic E-state index is 12.2. The molecule has 5 nitrogen and oxygen atoms in total. The molecule has 6 heteroatoms. The summed E-state index contributed by atoms with van der Waals surface area (Å²) in [6.45, 7) is 1.69. The van der Waals surface area contributed by atoms with Crippen molar-refractivity contribution in [2.75, 3.05) is 4.72 Å². The van der Waals surface area contributed by atoms with Gasteiger partial charge in [-0.3, -0.25) is 4.72 Å². The van der Waals surface area contributed by atoms with Crippen molar-refractivity contribution in [2.24, 2.45) is 0 Å². The number of anilines is 1. The molecule has 0 saturated heterocycles. The number of aryl methyl sites for hydroxylation is 1. The SMILES string of the molecule is Cc1cccc(C(=O)O)c1NS(=O)(=O)C1CCCC1. The number of sulfonamides is 1. The van der Waals surface area contributed by atoms with Gasteiger partial charge in [-0.25, -0.2) is 13.2 Å². The van der Waals surface area contributed by atoms with E-state index in [-0.39, 0.29) is 11.3 Å². The van der Waals surface area contributed by atoms with Crippen LogP contribution in [0.2, 0.25) is 0 Å². The maximum absolute atomic E-state index is 12.2. The molecule has 1 aliphatic carbocycles. The van der Waals surface area contributed by atoms with Crippen molar-refractivity contribution >= 4 is 21.7 Å². The van der Waals surface area contributed by atoms with Crippen LogP contribution in [0.4, 0.5) is 5.69 Å². The Morgan fingerprint density at radius 1 is 1.32 bits per heavy atom. The van der Waals surface area contributed by atoms with Crippen molar-refractivity contribution in [3.8, 4) is 0 Å². The summed E-state index contributed by atoms with van der Waals surface area (Å²) in [5.41, 5.74) is 0.782. The molecule has 0 spiro atoms. The fourth-order valence-electron chi connectivity index (χ4n) is 2.41. The van der Waals surface area contributed by atoms with Crippen LogP contribution in [0.1, 0.15) is 41.6 Å². The Bertz CT molecular complexity index is 589. The Balaban J connectivity index is 2.35. The summed E-state index contributed by atoms with van der Waals surface area (Å²) < 4.78 is 26.9. The minimum absolute atomic E-state index is 0.0124. The smallest absolute Gasteiger partial charge is 0.337 e. The number of rotatable bonds is 4. The highest BCUT2D eigenvalue weighted by Gasteiger charge is 2.30. The van der Waals surface area contributed by atoms with Crippen molar-refractivity contribution in [3.05, 3.63) is 29.3 Å². The first-order chi connectivity index (χ1) is 8.92. The molecule has 0 amide bonds. The fourth-order valence-corrected chi connectivity index (χ4v) is 4.08. The highest BCUT2D eigenvalue weighted by atomic mass is 32.2. The molecule has 1 fully saturated rings. The summed E-state index contributed by atoms with van der Waals surface area (Å²) in [6.07, 6.45) is 3.10. The molecule has 1 saturated carbocycles. The van der Waals surface area contributed by atoms with E-state index < -0.39 is 21.2 Å². The van der Waals surface area contributed by atoms with Gasteiger partial charge < -0.3 is 5.11 Å². The number of nitrogens with one attached hydrogen (secondary N) is 1. The molecule has 0 heterocycles. The zero-order chi connectivity index (χ0) is 14.0. The number of benzene rings is 1. The molecule has 2 N–H and O–H groups in total. The largest absolute Gasteiger partial charge is 0.478 e. The van der Waals surface area contributed by atoms with E-state index in [1.54, 1.807) is 19.1 Å². The predicted octanol–water partition coefficient (Wildman–Crippen LogP) is 2.38. The maximum Gasteiger partial charge on any atom is 0.337 e. The molecule has 0 radical (unpaired) electrons. The van der Waals surface area contributed by atoms with E-state index in [0.29, 0.717) is 18.4 Å². The van der Waals surface area contributed by atoms with Crippen LogP contribution in [0.25, 0.3) is 0 Å². The predicted molar refractivity (Wildman–Crippen MR) is 72.9 cm³/mol. The summed E-state index contributed by atoms with van der Waals surface area (Å²) in [4.78, 5) is 11.1. The normalized spacial score (nSPS) is 16.5. The number of carbonyl (C=O) groups is 1. The van der Waals surface area contributed by atoms with Gasteiger partial charge in [0.1, 0.15) is 0 Å².